The summed E-state index contributed by atoms with van der Waals surface area (Å²) in [5, 5.41) is 0. The normalized spacial score (nSPS) is 10.5. The van der Waals surface area contributed by atoms with Gasteiger partial charge >= 0.3 is 0 Å². The predicted octanol–water partition coefficient (Wildman–Crippen LogP) is 2.49. The van der Waals surface area contributed by atoms with Gasteiger partial charge in [0.25, 0.3) is 0 Å². The Hall–Kier alpha value is -0.260. The van der Waals surface area contributed by atoms with Crippen molar-refractivity contribution in [3.05, 3.63) is 27.6 Å². The van der Waals surface area contributed by atoms with Crippen LogP contribution in [0.5, 0.6) is 0 Å². The molecule has 0 saturated carbocycles. The van der Waals surface area contributed by atoms with E-state index in [1.54, 1.807) is 18.3 Å². The molecule has 60 valence electrons. The van der Waals surface area contributed by atoms with E-state index in [2.05, 4.69) is 27.6 Å². The van der Waals surface area contributed by atoms with Crippen molar-refractivity contribution in [3.8, 4) is 0 Å². The van der Waals surface area contributed by atoms with Crippen LogP contribution in [-0.2, 0) is 6.42 Å². The molecule has 0 fully saturated rings. The Morgan fingerprint density at radius 2 is 2.27 bits per heavy atom. The molecule has 0 saturated heterocycles. The number of aromatic nitrogens is 1. The van der Waals surface area contributed by atoms with Crippen molar-refractivity contribution < 1.29 is 8.78 Å². The Morgan fingerprint density at radius 3 is 2.82 bits per heavy atom. The second-order valence-electron chi connectivity index (χ2n) is 2.06. The maximum absolute atomic E-state index is 11.8. The maximum Gasteiger partial charge on any atom is 0.244 e. The van der Waals surface area contributed by atoms with Crippen LogP contribution in [0.1, 0.15) is 5.69 Å². The van der Waals surface area contributed by atoms with Gasteiger partial charge in [-0.05, 0) is 34.7 Å². The van der Waals surface area contributed by atoms with Crippen LogP contribution in [0.25, 0.3) is 0 Å². The lowest BCUT2D eigenvalue weighted by Crippen LogP contribution is -1.99. The minimum absolute atomic E-state index is 0.253. The zero-order chi connectivity index (χ0) is 8.27. The smallest absolute Gasteiger partial charge is 0.244 e. The van der Waals surface area contributed by atoms with Gasteiger partial charge in [-0.15, -0.1) is 0 Å². The first-order chi connectivity index (χ1) is 5.18. The highest BCUT2D eigenvalue weighted by Gasteiger charge is 2.04. The highest BCUT2D eigenvalue weighted by Crippen LogP contribution is 2.08. The summed E-state index contributed by atoms with van der Waals surface area (Å²) >= 11 is 2.07. The highest BCUT2D eigenvalue weighted by molar-refractivity contribution is 14.1. The Labute approximate surface area is 77.0 Å². The molecule has 0 aromatic carbocycles. The predicted molar refractivity (Wildman–Crippen MR) is 46.7 cm³/mol. The number of nitrogens with zero attached hydrogens (tertiary/aromatic N) is 1. The van der Waals surface area contributed by atoms with Crippen molar-refractivity contribution in [2.75, 3.05) is 0 Å². The summed E-state index contributed by atoms with van der Waals surface area (Å²) in [6.07, 6.45) is -1.02. The van der Waals surface area contributed by atoms with Gasteiger partial charge in [0.05, 0.1) is 6.42 Å². The molecule has 1 nitrogen and oxygen atoms in total. The standard InChI is InChI=1S/C7H6F2IN/c8-7(9)4-6-3-5(10)1-2-11-6/h1-3,7H,4H2. The average molecular weight is 269 g/mol. The van der Waals surface area contributed by atoms with Crippen molar-refractivity contribution in [2.45, 2.75) is 12.8 Å². The Bertz CT molecular complexity index is 240. The van der Waals surface area contributed by atoms with E-state index in [-0.39, 0.29) is 6.42 Å². The maximum atomic E-state index is 11.8. The molecule has 0 N–H and O–H groups in total. The van der Waals surface area contributed by atoms with Crippen LogP contribution in [-0.4, -0.2) is 11.4 Å². The quantitative estimate of drug-likeness (QED) is 0.752. The van der Waals surface area contributed by atoms with Gasteiger partial charge in [0.2, 0.25) is 6.43 Å². The summed E-state index contributed by atoms with van der Waals surface area (Å²) in [6.45, 7) is 0. The number of halogens is 3. The number of pyridine rings is 1. The van der Waals surface area contributed by atoms with Crippen molar-refractivity contribution >= 4 is 22.6 Å². The van der Waals surface area contributed by atoms with Crippen molar-refractivity contribution in [1.29, 1.82) is 0 Å². The van der Waals surface area contributed by atoms with Gasteiger partial charge in [0.15, 0.2) is 0 Å². The fourth-order valence-corrected chi connectivity index (χ4v) is 1.24. The SMILES string of the molecule is FC(F)Cc1cc(I)ccn1. The zero-order valence-corrected chi connectivity index (χ0v) is 7.76. The van der Waals surface area contributed by atoms with Crippen LogP contribution in [0, 0.1) is 3.57 Å². The van der Waals surface area contributed by atoms with Gasteiger partial charge in [-0.25, -0.2) is 8.78 Å². The lowest BCUT2D eigenvalue weighted by Gasteiger charge is -1.98. The fraction of sp³-hybridized carbons (Fsp3) is 0.286. The molecular formula is C7H6F2IN. The molecule has 4 heteroatoms. The van der Waals surface area contributed by atoms with Gasteiger partial charge in [-0.3, -0.25) is 4.98 Å². The van der Waals surface area contributed by atoms with Crippen molar-refractivity contribution in [3.63, 3.8) is 0 Å². The fourth-order valence-electron chi connectivity index (χ4n) is 0.718. The summed E-state index contributed by atoms with van der Waals surface area (Å²) < 4.78 is 24.6. The summed E-state index contributed by atoms with van der Waals surface area (Å²) in [5.41, 5.74) is 0.451. The van der Waals surface area contributed by atoms with Crippen molar-refractivity contribution in [1.82, 2.24) is 4.98 Å². The van der Waals surface area contributed by atoms with Crippen LogP contribution in [0.4, 0.5) is 8.78 Å². The lowest BCUT2D eigenvalue weighted by molar-refractivity contribution is 0.148. The lowest BCUT2D eigenvalue weighted by atomic mass is 10.3. The van der Waals surface area contributed by atoms with E-state index < -0.39 is 6.43 Å². The monoisotopic (exact) mass is 269 g/mol. The molecule has 0 unspecified atom stereocenters. The molecule has 0 atom stereocenters. The molecular weight excluding hydrogens is 263 g/mol. The van der Waals surface area contributed by atoms with Gasteiger partial charge < -0.3 is 0 Å². The van der Waals surface area contributed by atoms with Gasteiger partial charge in [0, 0.05) is 15.5 Å². The summed E-state index contributed by atoms with van der Waals surface area (Å²) in [7, 11) is 0. The number of alkyl halides is 2. The Balaban J connectivity index is 2.71. The van der Waals surface area contributed by atoms with Gasteiger partial charge in [0.1, 0.15) is 0 Å². The van der Waals surface area contributed by atoms with Gasteiger partial charge in [-0.1, -0.05) is 0 Å². The van der Waals surface area contributed by atoms with Crippen LogP contribution in [0.2, 0.25) is 0 Å². The zero-order valence-electron chi connectivity index (χ0n) is 5.60. The third-order valence-electron chi connectivity index (χ3n) is 1.14. The number of hydrogen-bond donors (Lipinski definition) is 0. The second-order valence-corrected chi connectivity index (χ2v) is 3.31. The molecule has 0 radical (unpaired) electrons. The molecule has 0 amide bonds. The molecule has 1 rings (SSSR count). The molecule has 1 aromatic rings. The van der Waals surface area contributed by atoms with E-state index in [9.17, 15) is 8.78 Å². The molecule has 11 heavy (non-hydrogen) atoms. The van der Waals surface area contributed by atoms with E-state index in [0.29, 0.717) is 5.69 Å². The minimum Gasteiger partial charge on any atom is -0.261 e. The van der Waals surface area contributed by atoms with Crippen LogP contribution in [0.3, 0.4) is 0 Å². The summed E-state index contributed by atoms with van der Waals surface area (Å²) in [6, 6.07) is 3.43. The van der Waals surface area contributed by atoms with Gasteiger partial charge in [-0.2, -0.15) is 0 Å². The average Bonchev–Trinajstić information content (AvgIpc) is 1.85. The second kappa shape index (κ2) is 3.94. The number of hydrogen-bond acceptors (Lipinski definition) is 1. The Morgan fingerprint density at radius 1 is 1.55 bits per heavy atom. The molecule has 0 bridgehead atoms. The molecule has 0 spiro atoms. The molecule has 0 aliphatic heterocycles. The van der Waals surface area contributed by atoms with E-state index in [4.69, 9.17) is 0 Å². The summed E-state index contributed by atoms with van der Waals surface area (Å²) in [4.78, 5) is 3.79. The van der Waals surface area contributed by atoms with Crippen molar-refractivity contribution in [2.24, 2.45) is 0 Å². The van der Waals surface area contributed by atoms with E-state index in [1.165, 1.54) is 0 Å². The molecule has 1 aromatic heterocycles. The topological polar surface area (TPSA) is 12.9 Å². The molecule has 0 aliphatic carbocycles. The third-order valence-corrected chi connectivity index (χ3v) is 1.81. The van der Waals surface area contributed by atoms with E-state index in [1.807, 2.05) is 0 Å². The Kier molecular flexibility index (Phi) is 3.16. The van der Waals surface area contributed by atoms with Crippen LogP contribution >= 0.6 is 22.6 Å². The third kappa shape index (κ3) is 3.09. The van der Waals surface area contributed by atoms with Crippen LogP contribution < -0.4 is 0 Å². The first-order valence-electron chi connectivity index (χ1n) is 3.07. The summed E-state index contributed by atoms with van der Waals surface area (Å²) in [5.74, 6) is 0. The van der Waals surface area contributed by atoms with Crippen LogP contribution in [0.15, 0.2) is 18.3 Å². The molecule has 0 aliphatic rings. The first kappa shape index (κ1) is 8.83. The number of rotatable bonds is 2. The first-order valence-corrected chi connectivity index (χ1v) is 4.15. The molecule has 1 heterocycles. The minimum atomic E-state index is -2.30. The van der Waals surface area contributed by atoms with E-state index >= 15 is 0 Å². The largest absolute Gasteiger partial charge is 0.261 e. The highest BCUT2D eigenvalue weighted by atomic mass is 127. The van der Waals surface area contributed by atoms with E-state index in [0.717, 1.165) is 3.57 Å².